The van der Waals surface area contributed by atoms with Gasteiger partial charge in [-0.25, -0.2) is 0 Å². The third kappa shape index (κ3) is 3.23. The molecule has 5 heteroatoms. The lowest BCUT2D eigenvalue weighted by Crippen LogP contribution is -2.40. The highest BCUT2D eigenvalue weighted by atomic mass is 16.2. The van der Waals surface area contributed by atoms with Crippen molar-refractivity contribution in [2.45, 2.75) is 51.6 Å². The minimum Gasteiger partial charge on any atom is -0.346 e. The summed E-state index contributed by atoms with van der Waals surface area (Å²) in [6.45, 7) is 8.53. The summed E-state index contributed by atoms with van der Waals surface area (Å²) in [4.78, 5) is 14.7. The first kappa shape index (κ1) is 14.4. The predicted octanol–water partition coefficient (Wildman–Crippen LogP) is 1.81. The second kappa shape index (κ2) is 5.72. The van der Waals surface area contributed by atoms with E-state index in [-0.39, 0.29) is 11.9 Å². The lowest BCUT2D eigenvalue weighted by Gasteiger charge is -2.20. The van der Waals surface area contributed by atoms with Crippen LogP contribution in [-0.4, -0.2) is 46.2 Å². The van der Waals surface area contributed by atoms with E-state index in [1.165, 1.54) is 12.8 Å². The van der Waals surface area contributed by atoms with Gasteiger partial charge in [-0.3, -0.25) is 9.69 Å². The van der Waals surface area contributed by atoms with Crippen molar-refractivity contribution in [2.24, 2.45) is 5.92 Å². The number of nitrogens with zero attached hydrogens (tertiary/aromatic N) is 3. The average molecular weight is 288 g/mol. The number of hydrogen-bond acceptors (Lipinski definition) is 4. The van der Waals surface area contributed by atoms with E-state index in [0.717, 1.165) is 18.8 Å². The van der Waals surface area contributed by atoms with Crippen LogP contribution in [0.25, 0.3) is 0 Å². The lowest BCUT2D eigenvalue weighted by atomic mass is 10.1. The average Bonchev–Trinajstić information content (AvgIpc) is 3.24. The topological polar surface area (TPSA) is 58.1 Å². The highest BCUT2D eigenvalue weighted by Gasteiger charge is 2.32. The maximum absolute atomic E-state index is 12.3. The highest BCUT2D eigenvalue weighted by Crippen LogP contribution is 2.38. The first-order valence-electron chi connectivity index (χ1n) is 7.93. The molecule has 1 aromatic rings. The van der Waals surface area contributed by atoms with E-state index in [1.54, 1.807) is 6.07 Å². The summed E-state index contributed by atoms with van der Waals surface area (Å²) < 4.78 is 0. The maximum Gasteiger partial charge on any atom is 0.272 e. The van der Waals surface area contributed by atoms with E-state index in [4.69, 9.17) is 0 Å². The number of nitrogens with one attached hydrogen (secondary N) is 1. The van der Waals surface area contributed by atoms with Gasteiger partial charge in [-0.15, -0.1) is 5.10 Å². The lowest BCUT2D eigenvalue weighted by molar-refractivity contribution is 0.0924. The third-order valence-corrected chi connectivity index (χ3v) is 4.60. The summed E-state index contributed by atoms with van der Waals surface area (Å²) in [6.07, 6.45) is 2.40. The van der Waals surface area contributed by atoms with E-state index in [0.29, 0.717) is 23.6 Å². The van der Waals surface area contributed by atoms with E-state index in [1.807, 2.05) is 6.07 Å². The normalized spacial score (nSPS) is 26.3. The van der Waals surface area contributed by atoms with Gasteiger partial charge in [-0.05, 0) is 44.7 Å². The van der Waals surface area contributed by atoms with Crippen LogP contribution >= 0.6 is 0 Å². The molecule has 0 radical (unpaired) electrons. The molecule has 0 unspecified atom stereocenters. The van der Waals surface area contributed by atoms with Crippen LogP contribution in [-0.2, 0) is 0 Å². The summed E-state index contributed by atoms with van der Waals surface area (Å²) in [5.41, 5.74) is 1.45. The van der Waals surface area contributed by atoms with Crippen molar-refractivity contribution in [3.05, 3.63) is 23.5 Å². The number of aromatic nitrogens is 2. The quantitative estimate of drug-likeness (QED) is 0.918. The molecule has 21 heavy (non-hydrogen) atoms. The standard InChI is InChI=1S/C16H24N4O/c1-10(2)20-8-11(3)15(9-20)17-16(21)14-7-6-13(18-19-14)12-4-5-12/h6-7,10-12,15H,4-5,8-9H2,1-3H3,(H,17,21)/t11-,15-/m1/s1. The van der Waals surface area contributed by atoms with Crippen LogP contribution in [0.15, 0.2) is 12.1 Å². The third-order valence-electron chi connectivity index (χ3n) is 4.60. The Labute approximate surface area is 126 Å². The van der Waals surface area contributed by atoms with Crippen LogP contribution in [0.3, 0.4) is 0 Å². The van der Waals surface area contributed by atoms with Crippen molar-refractivity contribution < 1.29 is 4.79 Å². The zero-order chi connectivity index (χ0) is 15.0. The number of likely N-dealkylation sites (tertiary alicyclic amines) is 1. The van der Waals surface area contributed by atoms with Gasteiger partial charge >= 0.3 is 0 Å². The molecule has 2 fully saturated rings. The number of carbonyl (C=O) groups excluding carboxylic acids is 1. The van der Waals surface area contributed by atoms with Crippen molar-refractivity contribution >= 4 is 5.91 Å². The Balaban J connectivity index is 1.60. The number of carbonyl (C=O) groups is 1. The number of amides is 1. The predicted molar refractivity (Wildman–Crippen MR) is 81.1 cm³/mol. The fourth-order valence-electron chi connectivity index (χ4n) is 2.92. The molecule has 0 aromatic carbocycles. The van der Waals surface area contributed by atoms with E-state index in [2.05, 4.69) is 41.2 Å². The summed E-state index contributed by atoms with van der Waals surface area (Å²) in [5, 5.41) is 11.4. The van der Waals surface area contributed by atoms with Gasteiger partial charge in [0.1, 0.15) is 0 Å². The first-order chi connectivity index (χ1) is 10.0. The van der Waals surface area contributed by atoms with Crippen molar-refractivity contribution in [3.63, 3.8) is 0 Å². The summed E-state index contributed by atoms with van der Waals surface area (Å²) in [6, 6.07) is 4.46. The maximum atomic E-state index is 12.3. The van der Waals surface area contributed by atoms with Crippen molar-refractivity contribution in [1.29, 1.82) is 0 Å². The van der Waals surface area contributed by atoms with E-state index in [9.17, 15) is 4.79 Å². The van der Waals surface area contributed by atoms with E-state index < -0.39 is 0 Å². The Morgan fingerprint density at radius 1 is 1.29 bits per heavy atom. The molecule has 1 amide bonds. The summed E-state index contributed by atoms with van der Waals surface area (Å²) in [5.74, 6) is 0.936. The van der Waals surface area contributed by atoms with E-state index >= 15 is 0 Å². The molecular formula is C16H24N4O. The molecule has 0 bridgehead atoms. The van der Waals surface area contributed by atoms with Crippen molar-refractivity contribution in [1.82, 2.24) is 20.4 Å². The minimum absolute atomic E-state index is 0.104. The first-order valence-corrected chi connectivity index (χ1v) is 7.93. The van der Waals surface area contributed by atoms with Crippen LogP contribution in [0, 0.1) is 5.92 Å². The monoisotopic (exact) mass is 288 g/mol. The summed E-state index contributed by atoms with van der Waals surface area (Å²) >= 11 is 0. The Kier molecular flexibility index (Phi) is 3.93. The summed E-state index contributed by atoms with van der Waals surface area (Å²) in [7, 11) is 0. The molecule has 1 N–H and O–H groups in total. The molecule has 1 aromatic heterocycles. The van der Waals surface area contributed by atoms with Crippen LogP contribution < -0.4 is 5.32 Å². The van der Waals surface area contributed by atoms with Crippen molar-refractivity contribution in [2.75, 3.05) is 13.1 Å². The Bertz CT molecular complexity index is 510. The molecule has 2 heterocycles. The number of rotatable bonds is 4. The molecule has 114 valence electrons. The van der Waals surface area contributed by atoms with Gasteiger partial charge in [0.25, 0.3) is 5.91 Å². The van der Waals surface area contributed by atoms with Crippen LogP contribution in [0.1, 0.15) is 55.7 Å². The number of hydrogen-bond donors (Lipinski definition) is 1. The molecule has 1 saturated carbocycles. The van der Waals surface area contributed by atoms with Crippen LogP contribution in [0.2, 0.25) is 0 Å². The zero-order valence-electron chi connectivity index (χ0n) is 13.0. The fraction of sp³-hybridized carbons (Fsp3) is 0.688. The molecule has 1 aliphatic heterocycles. The zero-order valence-corrected chi connectivity index (χ0v) is 13.0. The Morgan fingerprint density at radius 2 is 2.05 bits per heavy atom. The van der Waals surface area contributed by atoms with Gasteiger partial charge in [0.05, 0.1) is 5.69 Å². The Hall–Kier alpha value is -1.49. The smallest absolute Gasteiger partial charge is 0.272 e. The van der Waals surface area contributed by atoms with Crippen LogP contribution in [0.5, 0.6) is 0 Å². The Morgan fingerprint density at radius 3 is 2.57 bits per heavy atom. The van der Waals surface area contributed by atoms with Gasteiger partial charge in [0.15, 0.2) is 5.69 Å². The van der Waals surface area contributed by atoms with Gasteiger partial charge in [0, 0.05) is 31.1 Å². The fourth-order valence-corrected chi connectivity index (χ4v) is 2.92. The molecular weight excluding hydrogens is 264 g/mol. The second-order valence-corrected chi connectivity index (χ2v) is 6.72. The molecule has 3 rings (SSSR count). The van der Waals surface area contributed by atoms with Gasteiger partial charge in [-0.1, -0.05) is 6.92 Å². The largest absolute Gasteiger partial charge is 0.346 e. The molecule has 0 spiro atoms. The van der Waals surface area contributed by atoms with Crippen LogP contribution in [0.4, 0.5) is 0 Å². The van der Waals surface area contributed by atoms with Gasteiger partial charge in [-0.2, -0.15) is 5.10 Å². The van der Waals surface area contributed by atoms with Gasteiger partial charge < -0.3 is 5.32 Å². The molecule has 2 atom stereocenters. The molecule has 1 saturated heterocycles. The molecule has 2 aliphatic rings. The SMILES string of the molecule is CC(C)N1C[C@@H](C)[C@H](NC(=O)c2ccc(C3CC3)nn2)C1. The van der Waals surface area contributed by atoms with Crippen molar-refractivity contribution in [3.8, 4) is 0 Å². The molecule has 5 nitrogen and oxygen atoms in total. The highest BCUT2D eigenvalue weighted by molar-refractivity contribution is 5.92. The minimum atomic E-state index is -0.104. The molecule has 1 aliphatic carbocycles. The second-order valence-electron chi connectivity index (χ2n) is 6.72. The van der Waals surface area contributed by atoms with Gasteiger partial charge in [0.2, 0.25) is 0 Å².